The Morgan fingerprint density at radius 2 is 1.67 bits per heavy atom. The Hall–Kier alpha value is -3.29. The molecule has 0 bridgehead atoms. The number of fused-ring (bicyclic) bond motifs is 2. The number of rotatable bonds is 4. The van der Waals surface area contributed by atoms with Crippen LogP contribution < -0.4 is 18.9 Å². The summed E-state index contributed by atoms with van der Waals surface area (Å²) in [5.74, 6) is 1.88. The van der Waals surface area contributed by atoms with Gasteiger partial charge < -0.3 is 33.7 Å². The Morgan fingerprint density at radius 1 is 1.00 bits per heavy atom. The molecule has 2 aromatic carbocycles. The molecule has 1 N–H and O–H groups in total. The van der Waals surface area contributed by atoms with E-state index in [0.29, 0.717) is 42.2 Å². The van der Waals surface area contributed by atoms with E-state index in [1.165, 1.54) is 14.2 Å². The standard InChI is InChI=1S/C22H25NO7/c1-26-15-9-11-8-14-17-12(6-7-23(14)22(25)30-5)20(28-3)21(29-4)19(24)18(17)13(11)10-16(15)27-2/h9-10,14,24H,6-8H2,1-5H3. The van der Waals surface area contributed by atoms with Crippen LogP contribution in [0.4, 0.5) is 4.79 Å². The van der Waals surface area contributed by atoms with Gasteiger partial charge in [0, 0.05) is 17.7 Å². The van der Waals surface area contributed by atoms with Crippen LogP contribution >= 0.6 is 0 Å². The smallest absolute Gasteiger partial charge is 0.410 e. The maximum Gasteiger partial charge on any atom is 0.410 e. The minimum Gasteiger partial charge on any atom is -0.504 e. The number of hydrogen-bond donors (Lipinski definition) is 1. The highest BCUT2D eigenvalue weighted by atomic mass is 16.5. The highest BCUT2D eigenvalue weighted by Gasteiger charge is 2.42. The van der Waals surface area contributed by atoms with Gasteiger partial charge >= 0.3 is 6.09 Å². The highest BCUT2D eigenvalue weighted by molar-refractivity contribution is 5.87. The molecule has 0 aromatic heterocycles. The van der Waals surface area contributed by atoms with Gasteiger partial charge in [0.25, 0.3) is 0 Å². The first-order valence-corrected chi connectivity index (χ1v) is 9.60. The van der Waals surface area contributed by atoms with Crippen molar-refractivity contribution in [2.24, 2.45) is 0 Å². The summed E-state index contributed by atoms with van der Waals surface area (Å²) < 4.78 is 27.1. The zero-order valence-electron chi connectivity index (χ0n) is 17.7. The maximum atomic E-state index is 12.5. The fourth-order valence-corrected chi connectivity index (χ4v) is 4.68. The van der Waals surface area contributed by atoms with Gasteiger partial charge in [-0.3, -0.25) is 0 Å². The average molecular weight is 415 g/mol. The first-order valence-electron chi connectivity index (χ1n) is 9.60. The predicted octanol–water partition coefficient (Wildman–Crippen LogP) is 3.32. The number of benzene rings is 2. The van der Waals surface area contributed by atoms with Crippen molar-refractivity contribution in [1.82, 2.24) is 4.90 Å². The molecule has 1 heterocycles. The lowest BCUT2D eigenvalue weighted by atomic mass is 9.76. The topological polar surface area (TPSA) is 86.7 Å². The number of nitrogens with zero attached hydrogens (tertiary/aromatic N) is 1. The molecule has 1 aliphatic carbocycles. The Bertz CT molecular complexity index is 1020. The van der Waals surface area contributed by atoms with E-state index >= 15 is 0 Å². The van der Waals surface area contributed by atoms with E-state index in [-0.39, 0.29) is 17.5 Å². The normalized spacial score (nSPS) is 16.3. The molecule has 0 fully saturated rings. The third-order valence-electron chi connectivity index (χ3n) is 5.95. The van der Waals surface area contributed by atoms with Crippen molar-refractivity contribution in [3.63, 3.8) is 0 Å². The summed E-state index contributed by atoms with van der Waals surface area (Å²) in [5, 5.41) is 11.2. The number of ether oxygens (including phenoxy) is 5. The van der Waals surface area contributed by atoms with Gasteiger partial charge in [-0.1, -0.05) is 0 Å². The molecule has 0 radical (unpaired) electrons. The number of carbonyl (C=O) groups is 1. The van der Waals surface area contributed by atoms with Crippen LogP contribution in [0.2, 0.25) is 0 Å². The lowest BCUT2D eigenvalue weighted by molar-refractivity contribution is 0.0997. The van der Waals surface area contributed by atoms with Crippen LogP contribution in [0.25, 0.3) is 11.1 Å². The van der Waals surface area contributed by atoms with Crippen molar-refractivity contribution in [2.45, 2.75) is 18.9 Å². The molecule has 0 saturated heterocycles. The Kier molecular flexibility index (Phi) is 5.01. The van der Waals surface area contributed by atoms with Gasteiger partial charge in [-0.05, 0) is 41.7 Å². The van der Waals surface area contributed by atoms with E-state index in [1.807, 2.05) is 12.1 Å². The zero-order chi connectivity index (χ0) is 21.6. The number of methoxy groups -OCH3 is 5. The van der Waals surface area contributed by atoms with E-state index in [0.717, 1.165) is 22.3 Å². The number of phenolic OH excluding ortho intramolecular Hbond substituents is 1. The van der Waals surface area contributed by atoms with Crippen LogP contribution in [0.3, 0.4) is 0 Å². The van der Waals surface area contributed by atoms with Gasteiger partial charge in [0.05, 0.1) is 41.6 Å². The van der Waals surface area contributed by atoms with Crippen molar-refractivity contribution in [3.8, 4) is 39.9 Å². The Balaban J connectivity index is 2.07. The molecule has 1 aliphatic heterocycles. The molecule has 8 nitrogen and oxygen atoms in total. The summed E-state index contributed by atoms with van der Waals surface area (Å²) >= 11 is 0. The summed E-state index contributed by atoms with van der Waals surface area (Å²) in [4.78, 5) is 14.2. The zero-order valence-corrected chi connectivity index (χ0v) is 17.7. The van der Waals surface area contributed by atoms with Crippen molar-refractivity contribution >= 4 is 6.09 Å². The summed E-state index contributed by atoms with van der Waals surface area (Å²) in [5.41, 5.74) is 4.12. The van der Waals surface area contributed by atoms with E-state index in [2.05, 4.69) is 0 Å². The van der Waals surface area contributed by atoms with Crippen molar-refractivity contribution in [2.75, 3.05) is 42.1 Å². The lowest BCUT2D eigenvalue weighted by Crippen LogP contribution is -2.42. The van der Waals surface area contributed by atoms with Crippen molar-refractivity contribution < 1.29 is 33.6 Å². The SMILES string of the molecule is COC(=O)N1CCc2c(OC)c(OC)c(O)c3c2C1Cc1cc(OC)c(OC)cc1-3. The van der Waals surface area contributed by atoms with Crippen LogP contribution in [0, 0.1) is 0 Å². The number of carbonyl (C=O) groups excluding carboxylic acids is 1. The van der Waals surface area contributed by atoms with Gasteiger partial charge in [0.2, 0.25) is 5.75 Å². The van der Waals surface area contributed by atoms with E-state index < -0.39 is 6.09 Å². The molecule has 2 aromatic rings. The molecule has 1 amide bonds. The molecule has 160 valence electrons. The Labute approximate surface area is 174 Å². The summed E-state index contributed by atoms with van der Waals surface area (Å²) in [6.45, 7) is 0.469. The van der Waals surface area contributed by atoms with Gasteiger partial charge in [0.1, 0.15) is 0 Å². The fourth-order valence-electron chi connectivity index (χ4n) is 4.68. The summed E-state index contributed by atoms with van der Waals surface area (Å²) in [7, 11) is 7.56. The number of aromatic hydroxyl groups is 1. The molecule has 0 saturated carbocycles. The molecule has 4 rings (SSSR count). The molecule has 8 heteroatoms. The fraction of sp³-hybridized carbons (Fsp3) is 0.409. The van der Waals surface area contributed by atoms with Gasteiger partial charge in [-0.15, -0.1) is 0 Å². The number of hydrogen-bond acceptors (Lipinski definition) is 7. The molecular weight excluding hydrogens is 390 g/mol. The second-order valence-electron chi connectivity index (χ2n) is 7.18. The van der Waals surface area contributed by atoms with Crippen LogP contribution in [-0.2, 0) is 17.6 Å². The van der Waals surface area contributed by atoms with Crippen LogP contribution in [0.15, 0.2) is 12.1 Å². The van der Waals surface area contributed by atoms with Gasteiger partial charge in [-0.25, -0.2) is 4.79 Å². The second kappa shape index (κ2) is 7.51. The minimum absolute atomic E-state index is 0.0296. The molecule has 0 spiro atoms. The number of phenols is 1. The monoisotopic (exact) mass is 415 g/mol. The third-order valence-corrected chi connectivity index (χ3v) is 5.95. The molecule has 1 unspecified atom stereocenters. The van der Waals surface area contributed by atoms with Gasteiger partial charge in [0.15, 0.2) is 23.0 Å². The van der Waals surface area contributed by atoms with Crippen molar-refractivity contribution in [1.29, 1.82) is 0 Å². The third kappa shape index (κ3) is 2.70. The van der Waals surface area contributed by atoms with E-state index in [4.69, 9.17) is 23.7 Å². The molecular formula is C22H25NO7. The second-order valence-corrected chi connectivity index (χ2v) is 7.18. The maximum absolute atomic E-state index is 12.5. The lowest BCUT2D eigenvalue weighted by Gasteiger charge is -2.41. The summed E-state index contributed by atoms with van der Waals surface area (Å²) in [6.07, 6.45) is 0.686. The van der Waals surface area contributed by atoms with Gasteiger partial charge in [-0.2, -0.15) is 0 Å². The number of amides is 1. The molecule has 30 heavy (non-hydrogen) atoms. The van der Waals surface area contributed by atoms with Crippen LogP contribution in [0.1, 0.15) is 22.7 Å². The first kappa shape index (κ1) is 20.0. The van der Waals surface area contributed by atoms with E-state index in [1.54, 1.807) is 26.2 Å². The summed E-state index contributed by atoms with van der Waals surface area (Å²) in [6, 6.07) is 3.42. The average Bonchev–Trinajstić information content (AvgIpc) is 2.78. The largest absolute Gasteiger partial charge is 0.504 e. The first-order chi connectivity index (χ1) is 14.5. The quantitative estimate of drug-likeness (QED) is 0.820. The minimum atomic E-state index is -0.408. The molecule has 2 aliphatic rings. The van der Waals surface area contributed by atoms with Crippen LogP contribution in [-0.4, -0.2) is 58.2 Å². The Morgan fingerprint density at radius 3 is 2.27 bits per heavy atom. The highest BCUT2D eigenvalue weighted by Crippen LogP contribution is 2.57. The van der Waals surface area contributed by atoms with Crippen LogP contribution in [0.5, 0.6) is 28.7 Å². The van der Waals surface area contributed by atoms with E-state index in [9.17, 15) is 9.90 Å². The van der Waals surface area contributed by atoms with Crippen molar-refractivity contribution in [3.05, 3.63) is 28.8 Å². The predicted molar refractivity (Wildman–Crippen MR) is 109 cm³/mol. The molecule has 1 atom stereocenters.